The fraction of sp³-hybridized carbons (Fsp3) is 0.833. The van der Waals surface area contributed by atoms with Gasteiger partial charge in [0.15, 0.2) is 5.82 Å². The van der Waals surface area contributed by atoms with Gasteiger partial charge in [0, 0.05) is 19.1 Å². The summed E-state index contributed by atoms with van der Waals surface area (Å²) < 4.78 is 33.5. The Morgan fingerprint density at radius 1 is 1.48 bits per heavy atom. The third-order valence-electron chi connectivity index (χ3n) is 3.51. The van der Waals surface area contributed by atoms with Gasteiger partial charge in [-0.1, -0.05) is 18.5 Å². The van der Waals surface area contributed by atoms with Crippen LogP contribution >= 0.6 is 0 Å². The maximum absolute atomic E-state index is 12.4. The molecule has 0 aliphatic carbocycles. The lowest BCUT2D eigenvalue weighted by atomic mass is 10.1. The van der Waals surface area contributed by atoms with Crippen LogP contribution in [-0.2, 0) is 16.8 Å². The van der Waals surface area contributed by atoms with E-state index in [1.165, 1.54) is 6.39 Å². The molecule has 0 aromatic carbocycles. The van der Waals surface area contributed by atoms with Gasteiger partial charge >= 0.3 is 0 Å². The highest BCUT2D eigenvalue weighted by atomic mass is 32.2. The number of piperidine rings is 1. The summed E-state index contributed by atoms with van der Waals surface area (Å²) in [4.78, 5) is 3.81. The van der Waals surface area contributed by atoms with Crippen molar-refractivity contribution in [3.8, 4) is 0 Å². The molecule has 2 rings (SSSR count). The molecule has 1 saturated heterocycles. The molecule has 0 saturated carbocycles. The molecular weight excluding hydrogens is 294 g/mol. The Morgan fingerprint density at radius 2 is 2.33 bits per heavy atom. The van der Waals surface area contributed by atoms with Crippen molar-refractivity contribution in [2.45, 2.75) is 45.2 Å². The summed E-state index contributed by atoms with van der Waals surface area (Å²) in [7, 11) is -3.52. The number of hydrogen-bond donors (Lipinski definition) is 2. The average Bonchev–Trinajstić information content (AvgIpc) is 2.99. The first-order chi connectivity index (χ1) is 10.1. The lowest BCUT2D eigenvalue weighted by Gasteiger charge is -2.34. The normalized spacial score (nSPS) is 20.7. The van der Waals surface area contributed by atoms with E-state index in [1.54, 1.807) is 4.31 Å². The molecule has 2 heterocycles. The fourth-order valence-electron chi connectivity index (χ4n) is 2.45. The first kappa shape index (κ1) is 16.3. The van der Waals surface area contributed by atoms with Crippen molar-refractivity contribution in [3.63, 3.8) is 0 Å². The summed E-state index contributed by atoms with van der Waals surface area (Å²) in [6, 6.07) is 0.00747. The highest BCUT2D eigenvalue weighted by Gasteiger charge is 2.31. The predicted molar refractivity (Wildman–Crippen MR) is 77.6 cm³/mol. The van der Waals surface area contributed by atoms with E-state index in [0.29, 0.717) is 18.9 Å². The van der Waals surface area contributed by atoms with Gasteiger partial charge in [-0.05, 0) is 25.8 Å². The van der Waals surface area contributed by atoms with Crippen LogP contribution < -0.4 is 10.0 Å². The zero-order valence-electron chi connectivity index (χ0n) is 12.3. The Balaban J connectivity index is 1.94. The van der Waals surface area contributed by atoms with Gasteiger partial charge in [-0.25, -0.2) is 0 Å². The Labute approximate surface area is 125 Å². The van der Waals surface area contributed by atoms with Gasteiger partial charge in [0.1, 0.15) is 0 Å². The molecule has 1 atom stereocenters. The molecule has 21 heavy (non-hydrogen) atoms. The van der Waals surface area contributed by atoms with Crippen LogP contribution in [-0.4, -0.2) is 48.5 Å². The number of nitrogens with zero attached hydrogens (tertiary/aromatic N) is 3. The smallest absolute Gasteiger partial charge is 0.280 e. The monoisotopic (exact) mass is 317 g/mol. The van der Waals surface area contributed by atoms with Gasteiger partial charge < -0.3 is 9.84 Å². The quantitative estimate of drug-likeness (QED) is 0.667. The highest BCUT2D eigenvalue weighted by molar-refractivity contribution is 7.87. The standard InChI is InChI=1S/C12H23N5O3S/c1-2-6-13-8-11-5-3-4-7-17(11)21(18,19)15-9-12-14-10-20-16-12/h10-11,13,15H,2-9H2,1H3. The van der Waals surface area contributed by atoms with E-state index < -0.39 is 10.2 Å². The van der Waals surface area contributed by atoms with Gasteiger partial charge in [0.2, 0.25) is 6.39 Å². The number of aromatic nitrogens is 2. The van der Waals surface area contributed by atoms with E-state index in [9.17, 15) is 8.42 Å². The maximum Gasteiger partial charge on any atom is 0.280 e. The predicted octanol–water partition coefficient (Wildman–Crippen LogP) is 0.258. The number of nitrogens with one attached hydrogen (secondary N) is 2. The van der Waals surface area contributed by atoms with Crippen LogP contribution in [0.5, 0.6) is 0 Å². The van der Waals surface area contributed by atoms with E-state index in [1.807, 2.05) is 0 Å². The Morgan fingerprint density at radius 3 is 3.05 bits per heavy atom. The van der Waals surface area contributed by atoms with Crippen molar-refractivity contribution < 1.29 is 12.9 Å². The van der Waals surface area contributed by atoms with E-state index >= 15 is 0 Å². The minimum Gasteiger partial charge on any atom is -0.343 e. The van der Waals surface area contributed by atoms with E-state index in [4.69, 9.17) is 0 Å². The van der Waals surface area contributed by atoms with Crippen LogP contribution in [0.3, 0.4) is 0 Å². The van der Waals surface area contributed by atoms with Crippen LogP contribution in [0, 0.1) is 0 Å². The van der Waals surface area contributed by atoms with Crippen LogP contribution in [0.1, 0.15) is 38.4 Å². The molecule has 120 valence electrons. The van der Waals surface area contributed by atoms with Crippen molar-refractivity contribution in [1.82, 2.24) is 24.5 Å². The zero-order valence-corrected chi connectivity index (χ0v) is 13.1. The number of rotatable bonds is 8. The molecule has 1 aliphatic rings. The molecule has 1 unspecified atom stereocenters. The molecule has 0 radical (unpaired) electrons. The van der Waals surface area contributed by atoms with Crippen LogP contribution in [0.15, 0.2) is 10.9 Å². The molecule has 1 aliphatic heterocycles. The van der Waals surface area contributed by atoms with E-state index in [-0.39, 0.29) is 12.6 Å². The summed E-state index contributed by atoms with van der Waals surface area (Å²) in [5, 5.41) is 6.90. The van der Waals surface area contributed by atoms with Crippen LogP contribution in [0.2, 0.25) is 0 Å². The Bertz CT molecular complexity index is 505. The minimum absolute atomic E-state index is 0.00747. The van der Waals surface area contributed by atoms with Crippen molar-refractivity contribution in [2.75, 3.05) is 19.6 Å². The zero-order chi connectivity index (χ0) is 15.1. The topological polar surface area (TPSA) is 100 Å². The van der Waals surface area contributed by atoms with Gasteiger partial charge in [-0.3, -0.25) is 0 Å². The maximum atomic E-state index is 12.4. The highest BCUT2D eigenvalue weighted by Crippen LogP contribution is 2.19. The van der Waals surface area contributed by atoms with Gasteiger partial charge in [0.05, 0.1) is 6.54 Å². The Hall–Kier alpha value is -1.03. The molecular formula is C12H23N5O3S. The summed E-state index contributed by atoms with van der Waals surface area (Å²) in [6.07, 6.45) is 5.07. The van der Waals surface area contributed by atoms with Crippen molar-refractivity contribution in [2.24, 2.45) is 0 Å². The molecule has 1 aromatic heterocycles. The summed E-state index contributed by atoms with van der Waals surface area (Å²) in [6.45, 7) is 4.29. The SMILES string of the molecule is CCCNCC1CCCCN1S(=O)(=O)NCc1ncon1. The van der Waals surface area contributed by atoms with Crippen LogP contribution in [0.25, 0.3) is 0 Å². The molecule has 1 aromatic rings. The molecule has 9 heteroatoms. The second kappa shape index (κ2) is 7.83. The van der Waals surface area contributed by atoms with Gasteiger partial charge in [-0.15, -0.1) is 0 Å². The largest absolute Gasteiger partial charge is 0.343 e. The molecule has 0 amide bonds. The molecule has 1 fully saturated rings. The lowest BCUT2D eigenvalue weighted by Crippen LogP contribution is -2.52. The van der Waals surface area contributed by atoms with Crippen LogP contribution in [0.4, 0.5) is 0 Å². The number of hydrogen-bond acceptors (Lipinski definition) is 6. The van der Waals surface area contributed by atoms with E-state index in [2.05, 4.69) is 31.6 Å². The third-order valence-corrected chi connectivity index (χ3v) is 5.12. The van der Waals surface area contributed by atoms with Gasteiger partial charge in [-0.2, -0.15) is 22.4 Å². The van der Waals surface area contributed by atoms with Gasteiger partial charge in [0.25, 0.3) is 10.2 Å². The second-order valence-electron chi connectivity index (χ2n) is 5.14. The van der Waals surface area contributed by atoms with Crippen molar-refractivity contribution in [3.05, 3.63) is 12.2 Å². The van der Waals surface area contributed by atoms with Crippen molar-refractivity contribution in [1.29, 1.82) is 0 Å². The summed E-state index contributed by atoms with van der Waals surface area (Å²) in [5.74, 6) is 0.330. The van der Waals surface area contributed by atoms with E-state index in [0.717, 1.165) is 32.2 Å². The van der Waals surface area contributed by atoms with Crippen molar-refractivity contribution >= 4 is 10.2 Å². The fourth-order valence-corrected chi connectivity index (χ4v) is 3.87. The minimum atomic E-state index is -3.52. The first-order valence-corrected chi connectivity index (χ1v) is 8.80. The molecule has 0 spiro atoms. The lowest BCUT2D eigenvalue weighted by molar-refractivity contribution is 0.243. The second-order valence-corrected chi connectivity index (χ2v) is 6.85. The summed E-state index contributed by atoms with van der Waals surface area (Å²) >= 11 is 0. The third kappa shape index (κ3) is 4.73. The first-order valence-electron chi connectivity index (χ1n) is 7.36. The average molecular weight is 317 g/mol. The Kier molecular flexibility index (Phi) is 6.09. The molecule has 8 nitrogen and oxygen atoms in total. The molecule has 0 bridgehead atoms. The molecule has 2 N–H and O–H groups in total. The summed E-state index contributed by atoms with van der Waals surface area (Å²) in [5.41, 5.74) is 0.